The normalized spacial score (nSPS) is 10.8. The summed E-state index contributed by atoms with van der Waals surface area (Å²) in [7, 11) is 0. The molecule has 1 nitrogen and oxygen atoms in total. The summed E-state index contributed by atoms with van der Waals surface area (Å²) in [6, 6.07) is 0.0856. The standard InChI is InChI=1S/C5H2BF5N.K/c7-3-1-4(6(9,10)11)5(8)12-2-3;/h1-2H;/q-1;+1. The molecule has 0 spiro atoms. The zero-order chi connectivity index (χ0) is 9.35. The van der Waals surface area contributed by atoms with E-state index in [1.165, 1.54) is 0 Å². The fourth-order valence-electron chi connectivity index (χ4n) is 0.668. The number of hydrogen-bond donors (Lipinski definition) is 0. The summed E-state index contributed by atoms with van der Waals surface area (Å²) in [6.07, 6.45) is 0.390. The predicted molar refractivity (Wildman–Crippen MR) is 32.9 cm³/mol. The molecular formula is C5H2BF5KN. The van der Waals surface area contributed by atoms with Crippen LogP contribution in [0, 0.1) is 11.8 Å². The maximum Gasteiger partial charge on any atom is 1.00 e. The molecule has 0 atom stereocenters. The minimum atomic E-state index is -5.53. The number of nitrogens with zero attached hydrogens (tertiary/aromatic N) is 1. The SMILES string of the molecule is Fc1cnc(F)c([B-](F)(F)F)c1.[K+]. The van der Waals surface area contributed by atoms with Gasteiger partial charge in [0.05, 0.1) is 6.20 Å². The molecule has 0 aliphatic rings. The van der Waals surface area contributed by atoms with Gasteiger partial charge in [-0.2, -0.15) is 4.39 Å². The smallest absolute Gasteiger partial charge is 0.445 e. The van der Waals surface area contributed by atoms with Gasteiger partial charge in [-0.15, -0.1) is 0 Å². The zero-order valence-electron chi connectivity index (χ0n) is 6.57. The Morgan fingerprint density at radius 1 is 1.15 bits per heavy atom. The Labute approximate surface area is 113 Å². The number of pyridine rings is 1. The Balaban J connectivity index is 0.00000144. The fourth-order valence-corrected chi connectivity index (χ4v) is 0.668. The van der Waals surface area contributed by atoms with Gasteiger partial charge in [0, 0.05) is 0 Å². The molecule has 66 valence electrons. The van der Waals surface area contributed by atoms with Crippen molar-refractivity contribution in [2.24, 2.45) is 0 Å². The van der Waals surface area contributed by atoms with Crippen LogP contribution >= 0.6 is 0 Å². The summed E-state index contributed by atoms with van der Waals surface area (Å²) in [5, 5.41) is 0. The first kappa shape index (κ1) is 13.5. The third-order valence-corrected chi connectivity index (χ3v) is 1.19. The average Bonchev–Trinajstić information content (AvgIpc) is 1.92. The molecule has 0 saturated heterocycles. The molecule has 0 aliphatic carbocycles. The van der Waals surface area contributed by atoms with E-state index in [2.05, 4.69) is 4.98 Å². The van der Waals surface area contributed by atoms with Crippen molar-refractivity contribution in [3.05, 3.63) is 24.0 Å². The molecule has 8 heteroatoms. The molecule has 0 N–H and O–H groups in total. The van der Waals surface area contributed by atoms with E-state index >= 15 is 0 Å². The maximum absolute atomic E-state index is 12.3. The van der Waals surface area contributed by atoms with E-state index in [0.717, 1.165) is 0 Å². The van der Waals surface area contributed by atoms with Gasteiger partial charge in [0.1, 0.15) is 5.82 Å². The first-order valence-electron chi connectivity index (χ1n) is 2.92. The topological polar surface area (TPSA) is 12.9 Å². The maximum atomic E-state index is 12.3. The number of hydrogen-bond acceptors (Lipinski definition) is 1. The first-order valence-corrected chi connectivity index (χ1v) is 2.92. The van der Waals surface area contributed by atoms with Crippen LogP contribution in [0.1, 0.15) is 0 Å². The summed E-state index contributed by atoms with van der Waals surface area (Å²) in [5.74, 6) is -2.89. The summed E-state index contributed by atoms with van der Waals surface area (Å²) in [5.41, 5.74) is -1.63. The van der Waals surface area contributed by atoms with Crippen LogP contribution in [-0.2, 0) is 0 Å². The Bertz CT molecular complexity index is 301. The van der Waals surface area contributed by atoms with E-state index in [1.54, 1.807) is 0 Å². The van der Waals surface area contributed by atoms with Gasteiger partial charge < -0.3 is 12.9 Å². The van der Waals surface area contributed by atoms with Crippen LogP contribution in [0.15, 0.2) is 12.3 Å². The quantitative estimate of drug-likeness (QED) is 0.317. The molecular weight excluding hydrogens is 219 g/mol. The van der Waals surface area contributed by atoms with Crippen LogP contribution in [0.4, 0.5) is 21.7 Å². The van der Waals surface area contributed by atoms with Crippen LogP contribution in [-0.4, -0.2) is 12.0 Å². The molecule has 0 unspecified atom stereocenters. The van der Waals surface area contributed by atoms with Crippen LogP contribution < -0.4 is 56.8 Å². The third kappa shape index (κ3) is 3.63. The van der Waals surface area contributed by atoms with Crippen molar-refractivity contribution >= 4 is 12.4 Å². The third-order valence-electron chi connectivity index (χ3n) is 1.19. The molecule has 0 aliphatic heterocycles. The molecule has 1 aromatic heterocycles. The molecule has 1 aromatic rings. The Kier molecular flexibility index (Phi) is 5.02. The van der Waals surface area contributed by atoms with Gasteiger partial charge in [-0.05, 0) is 6.07 Å². The average molecular weight is 221 g/mol. The van der Waals surface area contributed by atoms with Crippen LogP contribution in [0.3, 0.4) is 0 Å². The van der Waals surface area contributed by atoms with Crippen molar-refractivity contribution in [1.29, 1.82) is 0 Å². The number of halogens is 5. The van der Waals surface area contributed by atoms with E-state index in [0.29, 0.717) is 6.20 Å². The van der Waals surface area contributed by atoms with Gasteiger partial charge in [-0.25, -0.2) is 9.37 Å². The van der Waals surface area contributed by atoms with E-state index in [-0.39, 0.29) is 57.5 Å². The van der Waals surface area contributed by atoms with E-state index in [1.807, 2.05) is 0 Å². The zero-order valence-corrected chi connectivity index (χ0v) is 9.69. The van der Waals surface area contributed by atoms with Gasteiger partial charge in [0.15, 0.2) is 5.95 Å². The molecule has 0 saturated carbocycles. The Morgan fingerprint density at radius 2 is 1.69 bits per heavy atom. The minimum Gasteiger partial charge on any atom is -0.445 e. The van der Waals surface area contributed by atoms with E-state index in [4.69, 9.17) is 0 Å². The van der Waals surface area contributed by atoms with Crippen molar-refractivity contribution in [3.63, 3.8) is 0 Å². The monoisotopic (exact) mass is 221 g/mol. The Hall–Kier alpha value is 0.501. The number of rotatable bonds is 1. The molecule has 0 fully saturated rings. The molecule has 1 rings (SSSR count). The van der Waals surface area contributed by atoms with Crippen molar-refractivity contribution in [2.75, 3.05) is 0 Å². The second-order valence-corrected chi connectivity index (χ2v) is 2.11. The predicted octanol–water partition coefficient (Wildman–Crippen LogP) is -1.58. The summed E-state index contributed by atoms with van der Waals surface area (Å²) < 4.78 is 60.0. The van der Waals surface area contributed by atoms with Gasteiger partial charge in [-0.3, -0.25) is 0 Å². The molecule has 0 bridgehead atoms. The largest absolute Gasteiger partial charge is 1.00 e. The van der Waals surface area contributed by atoms with Crippen molar-refractivity contribution < 1.29 is 73.1 Å². The summed E-state index contributed by atoms with van der Waals surface area (Å²) >= 11 is 0. The molecule has 0 aromatic carbocycles. The summed E-state index contributed by atoms with van der Waals surface area (Å²) in [6.45, 7) is -5.53. The van der Waals surface area contributed by atoms with Gasteiger partial charge >= 0.3 is 58.4 Å². The van der Waals surface area contributed by atoms with Crippen molar-refractivity contribution in [1.82, 2.24) is 4.98 Å². The number of aromatic nitrogens is 1. The van der Waals surface area contributed by atoms with Gasteiger partial charge in [0.25, 0.3) is 0 Å². The first-order chi connectivity index (χ1) is 5.41. The van der Waals surface area contributed by atoms with Gasteiger partial charge in [-0.1, -0.05) is 5.46 Å². The molecule has 1 heterocycles. The van der Waals surface area contributed by atoms with Crippen LogP contribution in [0.5, 0.6) is 0 Å². The van der Waals surface area contributed by atoms with Crippen LogP contribution in [0.25, 0.3) is 0 Å². The fraction of sp³-hybridized carbons (Fsp3) is 0. The second kappa shape index (κ2) is 4.83. The van der Waals surface area contributed by atoms with Crippen LogP contribution in [0.2, 0.25) is 0 Å². The minimum absolute atomic E-state index is 0. The van der Waals surface area contributed by atoms with E-state index in [9.17, 15) is 21.7 Å². The second-order valence-electron chi connectivity index (χ2n) is 2.11. The van der Waals surface area contributed by atoms with Crippen molar-refractivity contribution in [2.45, 2.75) is 0 Å². The Morgan fingerprint density at radius 3 is 2.08 bits per heavy atom. The van der Waals surface area contributed by atoms with E-state index < -0.39 is 24.2 Å². The van der Waals surface area contributed by atoms with Gasteiger partial charge in [0.2, 0.25) is 0 Å². The molecule has 13 heavy (non-hydrogen) atoms. The molecule has 0 amide bonds. The summed E-state index contributed by atoms with van der Waals surface area (Å²) in [4.78, 5) is 2.60. The molecule has 0 radical (unpaired) electrons. The van der Waals surface area contributed by atoms with Crippen molar-refractivity contribution in [3.8, 4) is 0 Å².